The van der Waals surface area contributed by atoms with Gasteiger partial charge in [0, 0.05) is 29.8 Å². The molecule has 5 nitrogen and oxygen atoms in total. The number of halogens is 1. The van der Waals surface area contributed by atoms with E-state index in [1.807, 2.05) is 30.3 Å². The van der Waals surface area contributed by atoms with Gasteiger partial charge in [0.05, 0.1) is 12.3 Å². The fraction of sp³-hybridized carbons (Fsp3) is 0.609. The standard InChI is InChI=1S/C23H38INO4Si/c1-16(2)30(17(3)4,18(5)6)29-14-13-19(15-22(27-7)28-8)23(26)25-21-12-10-9-11-20(21)24/h9-13,16-18,22H,14-15H2,1-8H3,(H,25,26)/b19-13+. The van der Waals surface area contributed by atoms with E-state index in [1.54, 1.807) is 14.2 Å². The van der Waals surface area contributed by atoms with Crippen LogP contribution in [0.15, 0.2) is 35.9 Å². The predicted molar refractivity (Wildman–Crippen MR) is 135 cm³/mol. The van der Waals surface area contributed by atoms with Crippen molar-refractivity contribution in [2.24, 2.45) is 0 Å². The summed E-state index contributed by atoms with van der Waals surface area (Å²) in [5, 5.41) is 3.01. The number of ether oxygens (including phenoxy) is 2. The van der Waals surface area contributed by atoms with E-state index in [0.29, 0.717) is 35.2 Å². The molecular weight excluding hydrogens is 509 g/mol. The van der Waals surface area contributed by atoms with E-state index >= 15 is 0 Å². The van der Waals surface area contributed by atoms with Crippen molar-refractivity contribution in [3.05, 3.63) is 39.5 Å². The Kier molecular flexibility index (Phi) is 11.8. The summed E-state index contributed by atoms with van der Waals surface area (Å²) in [6.07, 6.45) is 1.76. The molecule has 0 saturated carbocycles. The molecule has 1 amide bonds. The molecule has 1 N–H and O–H groups in total. The summed E-state index contributed by atoms with van der Waals surface area (Å²) in [6.45, 7) is 14.0. The second-order valence-electron chi connectivity index (χ2n) is 8.40. The molecule has 0 radical (unpaired) electrons. The van der Waals surface area contributed by atoms with Gasteiger partial charge >= 0.3 is 0 Å². The fourth-order valence-electron chi connectivity index (χ4n) is 4.26. The topological polar surface area (TPSA) is 56.8 Å². The lowest BCUT2D eigenvalue weighted by molar-refractivity contribution is -0.117. The maximum Gasteiger partial charge on any atom is 0.251 e. The zero-order chi connectivity index (χ0) is 22.9. The monoisotopic (exact) mass is 547 g/mol. The first-order valence-corrected chi connectivity index (χ1v) is 13.8. The lowest BCUT2D eigenvalue weighted by Gasteiger charge is -2.42. The van der Waals surface area contributed by atoms with E-state index in [-0.39, 0.29) is 5.91 Å². The van der Waals surface area contributed by atoms with Crippen LogP contribution in [-0.2, 0) is 18.7 Å². The number of hydrogen-bond acceptors (Lipinski definition) is 4. The Morgan fingerprint density at radius 3 is 2.03 bits per heavy atom. The highest BCUT2D eigenvalue weighted by Crippen LogP contribution is 2.42. The molecule has 1 aromatic carbocycles. The summed E-state index contributed by atoms with van der Waals surface area (Å²) >= 11 is 2.22. The van der Waals surface area contributed by atoms with E-state index in [0.717, 1.165) is 9.26 Å². The lowest BCUT2D eigenvalue weighted by atomic mass is 10.1. The van der Waals surface area contributed by atoms with Crippen LogP contribution in [0.1, 0.15) is 48.0 Å². The van der Waals surface area contributed by atoms with Crippen LogP contribution in [-0.4, -0.2) is 41.3 Å². The number of amides is 1. The zero-order valence-electron chi connectivity index (χ0n) is 19.6. The van der Waals surface area contributed by atoms with Gasteiger partial charge in [-0.25, -0.2) is 0 Å². The number of rotatable bonds is 12. The van der Waals surface area contributed by atoms with Crippen LogP contribution < -0.4 is 5.32 Å². The van der Waals surface area contributed by atoms with Crippen molar-refractivity contribution in [3.63, 3.8) is 0 Å². The number of benzene rings is 1. The number of para-hydroxylation sites is 1. The molecule has 1 aromatic rings. The first-order valence-electron chi connectivity index (χ1n) is 10.5. The van der Waals surface area contributed by atoms with Gasteiger partial charge in [-0.2, -0.15) is 0 Å². The quantitative estimate of drug-likeness (QED) is 0.143. The molecule has 0 unspecified atom stereocenters. The van der Waals surface area contributed by atoms with E-state index in [1.165, 1.54) is 0 Å². The van der Waals surface area contributed by atoms with Crippen molar-refractivity contribution in [1.29, 1.82) is 0 Å². The van der Waals surface area contributed by atoms with Crippen molar-refractivity contribution in [2.45, 2.75) is 70.9 Å². The number of carbonyl (C=O) groups is 1. The van der Waals surface area contributed by atoms with Crippen LogP contribution in [0.3, 0.4) is 0 Å². The van der Waals surface area contributed by atoms with Gasteiger partial charge in [-0.1, -0.05) is 59.8 Å². The Bertz CT molecular complexity index is 680. The van der Waals surface area contributed by atoms with E-state index in [4.69, 9.17) is 13.9 Å². The minimum atomic E-state index is -2.01. The molecule has 0 saturated heterocycles. The summed E-state index contributed by atoms with van der Waals surface area (Å²) in [6, 6.07) is 7.71. The minimum Gasteiger partial charge on any atom is -0.412 e. The largest absolute Gasteiger partial charge is 0.412 e. The zero-order valence-corrected chi connectivity index (χ0v) is 22.8. The maximum atomic E-state index is 13.1. The Balaban J connectivity index is 3.10. The van der Waals surface area contributed by atoms with Gasteiger partial charge < -0.3 is 19.2 Å². The predicted octanol–water partition coefficient (Wildman–Crippen LogP) is 6.36. The highest BCUT2D eigenvalue weighted by Gasteiger charge is 2.44. The number of anilines is 1. The molecule has 0 bridgehead atoms. The third-order valence-corrected chi connectivity index (χ3v) is 12.7. The molecule has 0 spiro atoms. The van der Waals surface area contributed by atoms with Crippen LogP contribution in [0.25, 0.3) is 0 Å². The Hall–Kier alpha value is -0.743. The highest BCUT2D eigenvalue weighted by atomic mass is 127. The summed E-state index contributed by atoms with van der Waals surface area (Å²) in [7, 11) is 1.15. The third-order valence-electron chi connectivity index (χ3n) is 5.70. The van der Waals surface area contributed by atoms with Crippen molar-refractivity contribution in [2.75, 3.05) is 26.1 Å². The Morgan fingerprint density at radius 1 is 1.03 bits per heavy atom. The van der Waals surface area contributed by atoms with Crippen LogP contribution in [0.5, 0.6) is 0 Å². The number of methoxy groups -OCH3 is 2. The van der Waals surface area contributed by atoms with Crippen LogP contribution in [0, 0.1) is 3.57 Å². The highest BCUT2D eigenvalue weighted by molar-refractivity contribution is 14.1. The molecule has 7 heteroatoms. The summed E-state index contributed by atoms with van der Waals surface area (Å²) < 4.78 is 18.3. The van der Waals surface area contributed by atoms with Crippen molar-refractivity contribution < 1.29 is 18.7 Å². The number of nitrogens with one attached hydrogen (secondary N) is 1. The minimum absolute atomic E-state index is 0.160. The van der Waals surface area contributed by atoms with Crippen molar-refractivity contribution in [3.8, 4) is 0 Å². The van der Waals surface area contributed by atoms with Crippen LogP contribution in [0.4, 0.5) is 5.69 Å². The molecule has 0 heterocycles. The molecule has 30 heavy (non-hydrogen) atoms. The molecular formula is C23H38INO4Si. The van der Waals surface area contributed by atoms with E-state index < -0.39 is 14.6 Å². The average Bonchev–Trinajstić information content (AvgIpc) is 2.68. The molecule has 0 aliphatic carbocycles. The molecule has 0 fully saturated rings. The normalized spacial score (nSPS) is 13.0. The SMILES string of the molecule is COC(C/C(=C\CO[Si](C(C)C)(C(C)C)C(C)C)C(=O)Nc1ccccc1I)OC. The summed E-state index contributed by atoms with van der Waals surface area (Å²) in [4.78, 5) is 13.1. The average molecular weight is 548 g/mol. The third kappa shape index (κ3) is 7.15. The van der Waals surface area contributed by atoms with Gasteiger partial charge in [-0.15, -0.1) is 0 Å². The maximum absolute atomic E-state index is 13.1. The Labute approximate surface area is 197 Å². The molecule has 0 aromatic heterocycles. The molecule has 0 aliphatic rings. The Morgan fingerprint density at radius 2 is 1.57 bits per heavy atom. The van der Waals surface area contributed by atoms with Crippen molar-refractivity contribution >= 4 is 42.5 Å². The molecule has 0 aliphatic heterocycles. The van der Waals surface area contributed by atoms with Crippen LogP contribution >= 0.6 is 22.6 Å². The smallest absolute Gasteiger partial charge is 0.251 e. The van der Waals surface area contributed by atoms with E-state index in [9.17, 15) is 4.79 Å². The first-order chi connectivity index (χ1) is 14.1. The second kappa shape index (κ2) is 13.0. The van der Waals surface area contributed by atoms with Crippen LogP contribution in [0.2, 0.25) is 16.6 Å². The van der Waals surface area contributed by atoms with Gasteiger partial charge in [0.2, 0.25) is 8.32 Å². The second-order valence-corrected chi connectivity index (χ2v) is 15.0. The molecule has 0 atom stereocenters. The van der Waals surface area contributed by atoms with Gasteiger partial charge in [-0.05, 0) is 51.3 Å². The fourth-order valence-corrected chi connectivity index (χ4v) is 10.2. The van der Waals surface area contributed by atoms with E-state index in [2.05, 4.69) is 69.5 Å². The van der Waals surface area contributed by atoms with Crippen molar-refractivity contribution in [1.82, 2.24) is 0 Å². The summed E-state index contributed by atoms with van der Waals surface area (Å²) in [5.41, 5.74) is 2.85. The molecule has 170 valence electrons. The van der Waals surface area contributed by atoms with Gasteiger partial charge in [-0.3, -0.25) is 4.79 Å². The molecule has 1 rings (SSSR count). The van der Waals surface area contributed by atoms with Gasteiger partial charge in [0.15, 0.2) is 6.29 Å². The first kappa shape index (κ1) is 27.3. The summed E-state index contributed by atoms with van der Waals surface area (Å²) in [5.74, 6) is -0.160. The lowest BCUT2D eigenvalue weighted by Crippen LogP contribution is -2.47. The number of hydrogen-bond donors (Lipinski definition) is 1. The number of carbonyl (C=O) groups excluding carboxylic acids is 1. The van der Waals surface area contributed by atoms with Gasteiger partial charge in [0.1, 0.15) is 0 Å². The van der Waals surface area contributed by atoms with Gasteiger partial charge in [0.25, 0.3) is 5.91 Å².